The first-order chi connectivity index (χ1) is 13.1. The Hall–Kier alpha value is -2.47. The number of hydrogen-bond donors (Lipinski definition) is 1. The van der Waals surface area contributed by atoms with Crippen LogP contribution in [-0.2, 0) is 4.79 Å². The molecule has 0 atom stereocenters. The van der Waals surface area contributed by atoms with Crippen LogP contribution in [0.15, 0.2) is 42.5 Å². The van der Waals surface area contributed by atoms with Crippen LogP contribution in [0.5, 0.6) is 5.75 Å². The van der Waals surface area contributed by atoms with Gasteiger partial charge < -0.3 is 19.9 Å². The summed E-state index contributed by atoms with van der Waals surface area (Å²) in [5, 5.41) is 3.82. The number of carbonyl (C=O) groups is 1. The van der Waals surface area contributed by atoms with Crippen LogP contribution in [0.3, 0.4) is 0 Å². The quantitative estimate of drug-likeness (QED) is 0.816. The topological polar surface area (TPSA) is 44.8 Å². The van der Waals surface area contributed by atoms with E-state index in [4.69, 9.17) is 16.3 Å². The Balaban J connectivity index is 1.46. The van der Waals surface area contributed by atoms with Gasteiger partial charge in [-0.25, -0.2) is 4.39 Å². The zero-order chi connectivity index (χ0) is 19.2. The van der Waals surface area contributed by atoms with Crippen LogP contribution in [0.1, 0.15) is 6.42 Å². The standard InChI is InChI=1S/C20H23ClFN3O2/c1-27-19-7-2-15(21)14-18(19)23-9-8-20(26)25-12-10-24(11-13-25)17-5-3-16(22)4-6-17/h2-7,14,23H,8-13H2,1H3. The minimum Gasteiger partial charge on any atom is -0.495 e. The highest BCUT2D eigenvalue weighted by Gasteiger charge is 2.21. The molecule has 1 fully saturated rings. The largest absolute Gasteiger partial charge is 0.495 e. The van der Waals surface area contributed by atoms with Crippen molar-refractivity contribution in [2.75, 3.05) is 50.1 Å². The first-order valence-electron chi connectivity index (χ1n) is 8.92. The number of benzene rings is 2. The van der Waals surface area contributed by atoms with Crippen LogP contribution < -0.4 is 15.0 Å². The lowest BCUT2D eigenvalue weighted by atomic mass is 10.2. The second kappa shape index (κ2) is 8.95. The molecular weight excluding hydrogens is 369 g/mol. The Bertz CT molecular complexity index is 777. The molecule has 1 aliphatic heterocycles. The summed E-state index contributed by atoms with van der Waals surface area (Å²) in [5.74, 6) is 0.568. The summed E-state index contributed by atoms with van der Waals surface area (Å²) in [4.78, 5) is 16.5. The van der Waals surface area contributed by atoms with Crippen molar-refractivity contribution >= 4 is 28.9 Å². The van der Waals surface area contributed by atoms with Gasteiger partial charge in [0.2, 0.25) is 5.91 Å². The number of methoxy groups -OCH3 is 1. The molecular formula is C20H23ClFN3O2. The zero-order valence-electron chi connectivity index (χ0n) is 15.3. The van der Waals surface area contributed by atoms with E-state index in [1.165, 1.54) is 12.1 Å². The number of halogens is 2. The minimum atomic E-state index is -0.239. The molecule has 7 heteroatoms. The average molecular weight is 392 g/mol. The summed E-state index contributed by atoms with van der Waals surface area (Å²) in [6, 6.07) is 11.8. The fourth-order valence-electron chi connectivity index (χ4n) is 3.15. The molecule has 0 saturated carbocycles. The summed E-state index contributed by atoms with van der Waals surface area (Å²) < 4.78 is 18.3. The van der Waals surface area contributed by atoms with Crippen molar-refractivity contribution in [1.82, 2.24) is 4.90 Å². The molecule has 1 aliphatic rings. The molecule has 0 unspecified atom stereocenters. The van der Waals surface area contributed by atoms with E-state index in [2.05, 4.69) is 10.2 Å². The molecule has 1 saturated heterocycles. The maximum Gasteiger partial charge on any atom is 0.224 e. The van der Waals surface area contributed by atoms with Crippen LogP contribution in [0.4, 0.5) is 15.8 Å². The highest BCUT2D eigenvalue weighted by Crippen LogP contribution is 2.27. The van der Waals surface area contributed by atoms with Gasteiger partial charge in [-0.2, -0.15) is 0 Å². The number of carbonyl (C=O) groups excluding carboxylic acids is 1. The molecule has 0 aliphatic carbocycles. The van der Waals surface area contributed by atoms with E-state index >= 15 is 0 Å². The van der Waals surface area contributed by atoms with Gasteiger partial charge in [0.05, 0.1) is 12.8 Å². The van der Waals surface area contributed by atoms with E-state index in [9.17, 15) is 9.18 Å². The average Bonchev–Trinajstić information content (AvgIpc) is 2.69. The van der Waals surface area contributed by atoms with Crippen molar-refractivity contribution in [3.05, 3.63) is 53.3 Å². The number of hydrogen-bond acceptors (Lipinski definition) is 4. The number of amides is 1. The lowest BCUT2D eigenvalue weighted by molar-refractivity contribution is -0.131. The lowest BCUT2D eigenvalue weighted by Crippen LogP contribution is -2.49. The van der Waals surface area contributed by atoms with E-state index in [0.29, 0.717) is 36.8 Å². The Kier molecular flexibility index (Phi) is 6.40. The van der Waals surface area contributed by atoms with Crippen molar-refractivity contribution in [2.45, 2.75) is 6.42 Å². The zero-order valence-corrected chi connectivity index (χ0v) is 16.0. The number of piperazine rings is 1. The summed E-state index contributed by atoms with van der Waals surface area (Å²) in [6.07, 6.45) is 0.395. The minimum absolute atomic E-state index is 0.113. The first kappa shape index (κ1) is 19.3. The fraction of sp³-hybridized carbons (Fsp3) is 0.350. The number of nitrogens with zero attached hydrogens (tertiary/aromatic N) is 2. The van der Waals surface area contributed by atoms with Gasteiger partial charge in [0.15, 0.2) is 0 Å². The smallest absolute Gasteiger partial charge is 0.224 e. The third-order valence-electron chi connectivity index (χ3n) is 4.64. The lowest BCUT2D eigenvalue weighted by Gasteiger charge is -2.36. The molecule has 1 heterocycles. The van der Waals surface area contributed by atoms with Crippen molar-refractivity contribution in [1.29, 1.82) is 0 Å². The van der Waals surface area contributed by atoms with Crippen molar-refractivity contribution in [3.8, 4) is 5.75 Å². The third-order valence-corrected chi connectivity index (χ3v) is 4.88. The van der Waals surface area contributed by atoms with Gasteiger partial charge in [0.25, 0.3) is 0 Å². The normalized spacial score (nSPS) is 14.2. The summed E-state index contributed by atoms with van der Waals surface area (Å²) in [7, 11) is 1.60. The molecule has 5 nitrogen and oxygen atoms in total. The van der Waals surface area contributed by atoms with E-state index in [0.717, 1.165) is 24.5 Å². The van der Waals surface area contributed by atoms with E-state index in [-0.39, 0.29) is 11.7 Å². The summed E-state index contributed by atoms with van der Waals surface area (Å²) in [5.41, 5.74) is 1.76. The van der Waals surface area contributed by atoms with Crippen molar-refractivity contribution in [3.63, 3.8) is 0 Å². The predicted molar refractivity (Wildman–Crippen MR) is 106 cm³/mol. The maximum atomic E-state index is 13.0. The first-order valence-corrected chi connectivity index (χ1v) is 9.30. The Labute approximate surface area is 163 Å². The van der Waals surface area contributed by atoms with Gasteiger partial charge in [0, 0.05) is 49.9 Å². The second-order valence-electron chi connectivity index (χ2n) is 6.37. The molecule has 3 rings (SSSR count). The second-order valence-corrected chi connectivity index (χ2v) is 6.80. The number of nitrogens with one attached hydrogen (secondary N) is 1. The fourth-order valence-corrected chi connectivity index (χ4v) is 3.32. The molecule has 27 heavy (non-hydrogen) atoms. The van der Waals surface area contributed by atoms with E-state index in [1.807, 2.05) is 4.90 Å². The van der Waals surface area contributed by atoms with Crippen LogP contribution in [0.25, 0.3) is 0 Å². The number of ether oxygens (including phenoxy) is 1. The van der Waals surface area contributed by atoms with Gasteiger partial charge in [-0.15, -0.1) is 0 Å². The Morgan fingerprint density at radius 3 is 2.52 bits per heavy atom. The molecule has 0 bridgehead atoms. The highest BCUT2D eigenvalue weighted by molar-refractivity contribution is 6.30. The monoisotopic (exact) mass is 391 g/mol. The van der Waals surface area contributed by atoms with E-state index in [1.54, 1.807) is 37.4 Å². The molecule has 0 radical (unpaired) electrons. The summed E-state index contributed by atoms with van der Waals surface area (Å²) in [6.45, 7) is 3.32. The predicted octanol–water partition coefficient (Wildman–Crippen LogP) is 3.64. The number of rotatable bonds is 6. The summed E-state index contributed by atoms with van der Waals surface area (Å²) >= 11 is 6.01. The third kappa shape index (κ3) is 5.04. The van der Waals surface area contributed by atoms with Gasteiger partial charge in [0.1, 0.15) is 11.6 Å². The van der Waals surface area contributed by atoms with Crippen LogP contribution >= 0.6 is 11.6 Å². The van der Waals surface area contributed by atoms with Crippen molar-refractivity contribution < 1.29 is 13.9 Å². The van der Waals surface area contributed by atoms with Crippen LogP contribution in [-0.4, -0.2) is 50.6 Å². The highest BCUT2D eigenvalue weighted by atomic mass is 35.5. The molecule has 144 valence electrons. The van der Waals surface area contributed by atoms with Gasteiger partial charge in [-0.3, -0.25) is 4.79 Å². The van der Waals surface area contributed by atoms with Gasteiger partial charge in [-0.05, 0) is 42.5 Å². The molecule has 2 aromatic rings. The SMILES string of the molecule is COc1ccc(Cl)cc1NCCC(=O)N1CCN(c2ccc(F)cc2)CC1. The van der Waals surface area contributed by atoms with Crippen LogP contribution in [0.2, 0.25) is 5.02 Å². The van der Waals surface area contributed by atoms with Gasteiger partial charge >= 0.3 is 0 Å². The molecule has 1 N–H and O–H groups in total. The number of anilines is 2. The Morgan fingerprint density at radius 2 is 1.85 bits per heavy atom. The van der Waals surface area contributed by atoms with E-state index < -0.39 is 0 Å². The molecule has 0 aromatic heterocycles. The Morgan fingerprint density at radius 1 is 1.15 bits per heavy atom. The molecule has 2 aromatic carbocycles. The molecule has 0 spiro atoms. The van der Waals surface area contributed by atoms with Crippen LogP contribution in [0, 0.1) is 5.82 Å². The maximum absolute atomic E-state index is 13.0. The molecule has 1 amide bonds. The van der Waals surface area contributed by atoms with Gasteiger partial charge in [-0.1, -0.05) is 11.6 Å². The van der Waals surface area contributed by atoms with Crippen molar-refractivity contribution in [2.24, 2.45) is 0 Å².